The van der Waals surface area contributed by atoms with Gasteiger partial charge in [0.15, 0.2) is 0 Å². The SMILES string of the molecule is CCN1CC[C@H](C2=CC=C(Nc3cc(-c4c(F)cccc4F)nc4c3C(=O)NC4)NN2)C1=O. The summed E-state index contributed by atoms with van der Waals surface area (Å²) in [5.74, 6) is -1.44. The summed E-state index contributed by atoms with van der Waals surface area (Å²) >= 11 is 0. The number of hydrazine groups is 1. The van der Waals surface area contributed by atoms with Gasteiger partial charge in [-0.3, -0.25) is 15.0 Å². The largest absolute Gasteiger partial charge is 0.346 e. The van der Waals surface area contributed by atoms with Crippen molar-refractivity contribution in [3.05, 3.63) is 70.8 Å². The van der Waals surface area contributed by atoms with E-state index in [1.54, 1.807) is 12.2 Å². The van der Waals surface area contributed by atoms with Gasteiger partial charge in [0.25, 0.3) is 5.91 Å². The lowest BCUT2D eigenvalue weighted by atomic mass is 10.0. The van der Waals surface area contributed by atoms with Crippen LogP contribution in [-0.4, -0.2) is 34.8 Å². The Bertz CT molecular complexity index is 1210. The molecule has 2 amide bonds. The van der Waals surface area contributed by atoms with E-state index in [0.717, 1.165) is 30.8 Å². The highest BCUT2D eigenvalue weighted by atomic mass is 19.1. The minimum absolute atomic E-state index is 0.0835. The summed E-state index contributed by atoms with van der Waals surface area (Å²) in [6.45, 7) is 3.52. The lowest BCUT2D eigenvalue weighted by Gasteiger charge is -2.24. The van der Waals surface area contributed by atoms with E-state index in [0.29, 0.717) is 29.3 Å². The molecule has 0 saturated carbocycles. The van der Waals surface area contributed by atoms with Gasteiger partial charge in [-0.05, 0) is 43.7 Å². The maximum Gasteiger partial charge on any atom is 0.255 e. The fourth-order valence-corrected chi connectivity index (χ4v) is 4.36. The first-order chi connectivity index (χ1) is 16.0. The maximum atomic E-state index is 14.4. The first-order valence-electron chi connectivity index (χ1n) is 10.7. The van der Waals surface area contributed by atoms with E-state index in [-0.39, 0.29) is 35.5 Å². The molecule has 0 unspecified atom stereocenters. The van der Waals surface area contributed by atoms with Crippen LogP contribution in [0.1, 0.15) is 29.4 Å². The molecular weight excluding hydrogens is 430 g/mol. The van der Waals surface area contributed by atoms with Crippen LogP contribution in [0.2, 0.25) is 0 Å². The van der Waals surface area contributed by atoms with Crippen LogP contribution in [0.25, 0.3) is 11.3 Å². The fourth-order valence-electron chi connectivity index (χ4n) is 4.36. The molecule has 1 aromatic carbocycles. The molecule has 3 aliphatic heterocycles. The van der Waals surface area contributed by atoms with Crippen LogP contribution in [0.15, 0.2) is 47.9 Å². The van der Waals surface area contributed by atoms with Crippen LogP contribution in [0.4, 0.5) is 14.5 Å². The molecule has 4 N–H and O–H groups in total. The molecule has 0 spiro atoms. The van der Waals surface area contributed by atoms with E-state index in [1.807, 2.05) is 11.8 Å². The molecule has 0 aliphatic carbocycles. The number of anilines is 1. The van der Waals surface area contributed by atoms with Crippen molar-refractivity contribution in [2.75, 3.05) is 18.4 Å². The summed E-state index contributed by atoms with van der Waals surface area (Å²) < 4.78 is 28.8. The fraction of sp³-hybridized carbons (Fsp3) is 0.261. The molecule has 0 bridgehead atoms. The predicted octanol–water partition coefficient (Wildman–Crippen LogP) is 2.38. The van der Waals surface area contributed by atoms with Gasteiger partial charge in [0, 0.05) is 18.8 Å². The van der Waals surface area contributed by atoms with Gasteiger partial charge in [-0.2, -0.15) is 0 Å². The van der Waals surface area contributed by atoms with Crippen LogP contribution in [0.3, 0.4) is 0 Å². The maximum absolute atomic E-state index is 14.4. The third-order valence-corrected chi connectivity index (χ3v) is 6.05. The topological polar surface area (TPSA) is 98.4 Å². The Labute approximate surface area is 188 Å². The first-order valence-corrected chi connectivity index (χ1v) is 10.7. The molecule has 3 aliphatic rings. The van der Waals surface area contributed by atoms with Crippen molar-refractivity contribution in [1.82, 2.24) is 26.1 Å². The summed E-state index contributed by atoms with van der Waals surface area (Å²) in [6.07, 6.45) is 4.29. The summed E-state index contributed by atoms with van der Waals surface area (Å²) in [5, 5.41) is 5.80. The van der Waals surface area contributed by atoms with Gasteiger partial charge in [0.2, 0.25) is 5.91 Å². The number of allylic oxidation sites excluding steroid dienone is 2. The molecule has 4 heterocycles. The Morgan fingerprint density at radius 1 is 1.15 bits per heavy atom. The Morgan fingerprint density at radius 3 is 2.61 bits per heavy atom. The van der Waals surface area contributed by atoms with E-state index >= 15 is 0 Å². The first kappa shape index (κ1) is 20.9. The number of hydrogen-bond donors (Lipinski definition) is 4. The summed E-state index contributed by atoms with van der Waals surface area (Å²) in [7, 11) is 0. The smallest absolute Gasteiger partial charge is 0.255 e. The average molecular weight is 452 g/mol. The highest BCUT2D eigenvalue weighted by Crippen LogP contribution is 2.32. The zero-order valence-corrected chi connectivity index (χ0v) is 17.8. The van der Waals surface area contributed by atoms with Crippen LogP contribution in [0.5, 0.6) is 0 Å². The van der Waals surface area contributed by atoms with Crippen molar-refractivity contribution in [1.29, 1.82) is 0 Å². The number of amides is 2. The Hall–Kier alpha value is -3.95. The molecule has 10 heteroatoms. The highest BCUT2D eigenvalue weighted by Gasteiger charge is 2.34. The number of halogens is 2. The molecule has 1 fully saturated rings. The number of aromatic nitrogens is 1. The molecule has 2 aromatic rings. The van der Waals surface area contributed by atoms with Gasteiger partial charge in [-0.25, -0.2) is 13.8 Å². The Kier molecular flexibility index (Phi) is 5.20. The van der Waals surface area contributed by atoms with Gasteiger partial charge >= 0.3 is 0 Å². The second-order valence-corrected chi connectivity index (χ2v) is 7.99. The van der Waals surface area contributed by atoms with E-state index in [9.17, 15) is 18.4 Å². The van der Waals surface area contributed by atoms with Crippen molar-refractivity contribution in [3.8, 4) is 11.3 Å². The average Bonchev–Trinajstić information content (AvgIpc) is 3.36. The van der Waals surface area contributed by atoms with Gasteiger partial charge in [0.1, 0.15) is 17.5 Å². The van der Waals surface area contributed by atoms with E-state index in [2.05, 4.69) is 26.5 Å². The quantitative estimate of drug-likeness (QED) is 0.556. The Balaban J connectivity index is 1.46. The molecular formula is C23H22F2N6O2. The summed E-state index contributed by atoms with van der Waals surface area (Å²) in [6, 6.07) is 5.06. The molecule has 1 aromatic heterocycles. The number of benzene rings is 1. The number of nitrogens with zero attached hydrogens (tertiary/aromatic N) is 2. The minimum Gasteiger partial charge on any atom is -0.346 e. The number of nitrogens with one attached hydrogen (secondary N) is 4. The number of likely N-dealkylation sites (tertiary alicyclic amines) is 1. The number of fused-ring (bicyclic) bond motifs is 1. The number of carbonyl (C=O) groups is 2. The molecule has 1 saturated heterocycles. The lowest BCUT2D eigenvalue weighted by Crippen LogP contribution is -2.40. The Morgan fingerprint density at radius 2 is 1.94 bits per heavy atom. The number of pyridine rings is 1. The zero-order valence-electron chi connectivity index (χ0n) is 17.8. The van der Waals surface area contributed by atoms with Crippen LogP contribution in [-0.2, 0) is 11.3 Å². The number of hydrogen-bond acceptors (Lipinski definition) is 6. The molecule has 170 valence electrons. The predicted molar refractivity (Wildman–Crippen MR) is 117 cm³/mol. The van der Waals surface area contributed by atoms with Crippen molar-refractivity contribution < 1.29 is 18.4 Å². The minimum atomic E-state index is -0.739. The van der Waals surface area contributed by atoms with E-state index < -0.39 is 11.6 Å². The number of rotatable bonds is 5. The third-order valence-electron chi connectivity index (χ3n) is 6.05. The van der Waals surface area contributed by atoms with Crippen LogP contribution >= 0.6 is 0 Å². The summed E-state index contributed by atoms with van der Waals surface area (Å²) in [4.78, 5) is 31.0. The second kappa shape index (κ2) is 8.19. The molecule has 1 atom stereocenters. The van der Waals surface area contributed by atoms with Gasteiger partial charge in [-0.15, -0.1) is 0 Å². The normalized spacial score (nSPS) is 19.4. The molecule has 8 nitrogen and oxygen atoms in total. The van der Waals surface area contributed by atoms with Crippen molar-refractivity contribution in [2.24, 2.45) is 5.92 Å². The van der Waals surface area contributed by atoms with Gasteiger partial charge in [-0.1, -0.05) is 6.07 Å². The standard InChI is InChI=1S/C23H22F2N6O2/c1-2-31-9-8-12(23(31)33)15-6-7-19(30-29-15)28-17-10-16(20-13(24)4-3-5-14(20)25)27-18-11-26-22(32)21(17)18/h3-7,10,12,29-30H,2,8-9,11H2,1H3,(H,26,32)(H,27,28)/t12-/m1/s1. The number of carbonyl (C=O) groups excluding carboxylic acids is 2. The third kappa shape index (κ3) is 3.67. The monoisotopic (exact) mass is 452 g/mol. The van der Waals surface area contributed by atoms with E-state index in [4.69, 9.17) is 0 Å². The zero-order chi connectivity index (χ0) is 23.1. The molecule has 0 radical (unpaired) electrons. The van der Waals surface area contributed by atoms with Crippen molar-refractivity contribution in [2.45, 2.75) is 19.9 Å². The van der Waals surface area contributed by atoms with Crippen LogP contribution in [0, 0.1) is 17.6 Å². The molecule has 33 heavy (non-hydrogen) atoms. The van der Waals surface area contributed by atoms with Gasteiger partial charge < -0.3 is 21.0 Å². The highest BCUT2D eigenvalue weighted by molar-refractivity contribution is 6.03. The van der Waals surface area contributed by atoms with Gasteiger partial charge in [0.05, 0.1) is 40.7 Å². The second-order valence-electron chi connectivity index (χ2n) is 7.99. The van der Waals surface area contributed by atoms with E-state index in [1.165, 1.54) is 12.1 Å². The summed E-state index contributed by atoms with van der Waals surface area (Å²) in [5.41, 5.74) is 7.71. The molecule has 5 rings (SSSR count). The van der Waals surface area contributed by atoms with Crippen molar-refractivity contribution in [3.63, 3.8) is 0 Å². The van der Waals surface area contributed by atoms with Crippen LogP contribution < -0.4 is 21.5 Å². The lowest BCUT2D eigenvalue weighted by molar-refractivity contribution is -0.130. The van der Waals surface area contributed by atoms with Crippen molar-refractivity contribution >= 4 is 17.5 Å².